The molecule has 3 saturated carbocycles. The Hall–Kier alpha value is 0. The lowest BCUT2D eigenvalue weighted by atomic mass is 9.68. The summed E-state index contributed by atoms with van der Waals surface area (Å²) in [5.41, 5.74) is 0.800. The molecule has 0 radical (unpaired) electrons. The minimum atomic E-state index is 0.800. The second-order valence-electron chi connectivity index (χ2n) is 5.62. The molecule has 3 rings (SSSR count). The molecule has 0 N–H and O–H groups in total. The van der Waals surface area contributed by atoms with E-state index in [-0.39, 0.29) is 0 Å². The van der Waals surface area contributed by atoms with Crippen LogP contribution in [0, 0.1) is 23.2 Å². The van der Waals surface area contributed by atoms with E-state index in [2.05, 4.69) is 6.92 Å². The molecule has 0 heterocycles. The van der Waals surface area contributed by atoms with Crippen molar-refractivity contribution in [3.63, 3.8) is 0 Å². The van der Waals surface area contributed by atoms with Gasteiger partial charge in [-0.2, -0.15) is 0 Å². The van der Waals surface area contributed by atoms with Crippen molar-refractivity contribution in [3.8, 4) is 0 Å². The average Bonchev–Trinajstić information content (AvgIpc) is 2.07. The van der Waals surface area contributed by atoms with Crippen molar-refractivity contribution < 1.29 is 0 Å². The van der Waals surface area contributed by atoms with Crippen molar-refractivity contribution in [2.24, 2.45) is 23.2 Å². The summed E-state index contributed by atoms with van der Waals surface area (Å²) in [7, 11) is 0. The Morgan fingerprint density at radius 3 is 2.73 bits per heavy atom. The van der Waals surface area contributed by atoms with E-state index in [9.17, 15) is 0 Å². The Bertz CT molecular complexity index is 180. The lowest BCUT2D eigenvalue weighted by Gasteiger charge is -2.37. The Morgan fingerprint density at radius 1 is 1.00 bits per heavy atom. The maximum absolute atomic E-state index is 2.54. The van der Waals surface area contributed by atoms with Crippen LogP contribution >= 0.6 is 0 Å². The van der Waals surface area contributed by atoms with Crippen molar-refractivity contribution in [2.75, 3.05) is 0 Å². The highest BCUT2D eigenvalue weighted by molar-refractivity contribution is 5.00. The molecular weight excluding hydrogens is 132 g/mol. The first-order chi connectivity index (χ1) is 5.25. The standard InChI is InChI=1S/C11H18/c1-11-5-8-2-3-9(6-11)10(4-8)7-11/h8-10H,2-7H2,1H3. The van der Waals surface area contributed by atoms with Crippen molar-refractivity contribution in [1.82, 2.24) is 0 Å². The molecule has 11 heavy (non-hydrogen) atoms. The van der Waals surface area contributed by atoms with Crippen LogP contribution in [0.2, 0.25) is 0 Å². The number of rotatable bonds is 0. The first-order valence-electron chi connectivity index (χ1n) is 5.25. The molecule has 62 valence electrons. The van der Waals surface area contributed by atoms with Gasteiger partial charge in [0.2, 0.25) is 0 Å². The fraction of sp³-hybridized carbons (Fsp3) is 1.00. The zero-order chi connectivity index (χ0) is 7.47. The molecule has 3 aliphatic rings. The number of hydrogen-bond donors (Lipinski definition) is 0. The monoisotopic (exact) mass is 150 g/mol. The van der Waals surface area contributed by atoms with Gasteiger partial charge in [-0.05, 0) is 55.3 Å². The third-order valence-corrected chi connectivity index (χ3v) is 4.54. The largest absolute Gasteiger partial charge is 0.0596 e. The molecule has 3 fully saturated rings. The summed E-state index contributed by atoms with van der Waals surface area (Å²) in [6.45, 7) is 2.54. The topological polar surface area (TPSA) is 0 Å². The lowest BCUT2D eigenvalue weighted by Crippen LogP contribution is -2.26. The quantitative estimate of drug-likeness (QED) is 0.497. The van der Waals surface area contributed by atoms with Gasteiger partial charge in [-0.25, -0.2) is 0 Å². The van der Waals surface area contributed by atoms with E-state index in [4.69, 9.17) is 0 Å². The number of hydrogen-bond acceptors (Lipinski definition) is 0. The molecule has 0 heteroatoms. The molecule has 3 aliphatic carbocycles. The molecule has 0 aromatic heterocycles. The van der Waals surface area contributed by atoms with Crippen LogP contribution in [-0.4, -0.2) is 0 Å². The molecule has 0 amide bonds. The fourth-order valence-corrected chi connectivity index (χ4v) is 4.34. The highest BCUT2D eigenvalue weighted by atomic mass is 14.5. The summed E-state index contributed by atoms with van der Waals surface area (Å²) in [6.07, 6.45) is 9.46. The maximum Gasteiger partial charge on any atom is -0.0318 e. The molecule has 0 aliphatic heterocycles. The highest BCUT2D eigenvalue weighted by Crippen LogP contribution is 2.61. The summed E-state index contributed by atoms with van der Waals surface area (Å²) in [5.74, 6) is 3.45. The SMILES string of the molecule is CC12CC3CCC(C1)C(C3)C2. The average molecular weight is 150 g/mol. The van der Waals surface area contributed by atoms with Gasteiger partial charge in [0.1, 0.15) is 0 Å². The zero-order valence-corrected chi connectivity index (χ0v) is 7.47. The Kier molecular flexibility index (Phi) is 1.09. The summed E-state index contributed by atoms with van der Waals surface area (Å²) in [6, 6.07) is 0. The Balaban J connectivity index is 1.98. The van der Waals surface area contributed by atoms with Gasteiger partial charge in [0.25, 0.3) is 0 Å². The van der Waals surface area contributed by atoms with Gasteiger partial charge in [-0.15, -0.1) is 0 Å². The molecule has 3 bridgehead atoms. The van der Waals surface area contributed by atoms with Crippen LogP contribution in [0.1, 0.15) is 45.4 Å². The molecule has 4 unspecified atom stereocenters. The number of fused-ring (bicyclic) bond motifs is 2. The third kappa shape index (κ3) is 0.816. The van der Waals surface area contributed by atoms with E-state index in [0.29, 0.717) is 0 Å². The van der Waals surface area contributed by atoms with Gasteiger partial charge in [0, 0.05) is 0 Å². The van der Waals surface area contributed by atoms with E-state index in [1.54, 1.807) is 38.5 Å². The van der Waals surface area contributed by atoms with Crippen LogP contribution in [0.4, 0.5) is 0 Å². The second kappa shape index (κ2) is 1.84. The molecule has 0 spiro atoms. The van der Waals surface area contributed by atoms with E-state index in [1.807, 2.05) is 0 Å². The molecule has 4 atom stereocenters. The summed E-state index contributed by atoms with van der Waals surface area (Å²) >= 11 is 0. The lowest BCUT2D eigenvalue weighted by molar-refractivity contribution is 0.137. The van der Waals surface area contributed by atoms with Crippen LogP contribution in [0.3, 0.4) is 0 Å². The van der Waals surface area contributed by atoms with Gasteiger partial charge in [-0.3, -0.25) is 0 Å². The third-order valence-electron chi connectivity index (χ3n) is 4.54. The van der Waals surface area contributed by atoms with Gasteiger partial charge in [0.05, 0.1) is 0 Å². The van der Waals surface area contributed by atoms with E-state index in [1.165, 1.54) is 0 Å². The van der Waals surface area contributed by atoms with Crippen molar-refractivity contribution >= 4 is 0 Å². The minimum Gasteiger partial charge on any atom is -0.0596 e. The predicted molar refractivity (Wildman–Crippen MR) is 46.3 cm³/mol. The molecule has 0 aromatic rings. The normalized spacial score (nSPS) is 60.3. The summed E-state index contributed by atoms with van der Waals surface area (Å²) < 4.78 is 0. The van der Waals surface area contributed by atoms with Crippen molar-refractivity contribution in [3.05, 3.63) is 0 Å². The predicted octanol–water partition coefficient (Wildman–Crippen LogP) is 3.22. The zero-order valence-electron chi connectivity index (χ0n) is 7.47. The van der Waals surface area contributed by atoms with E-state index < -0.39 is 0 Å². The Labute approximate surface area is 69.4 Å². The smallest absolute Gasteiger partial charge is 0.0318 e. The molecular formula is C11H18. The molecule has 0 aromatic carbocycles. The summed E-state index contributed by atoms with van der Waals surface area (Å²) in [4.78, 5) is 0. The van der Waals surface area contributed by atoms with Gasteiger partial charge in [0.15, 0.2) is 0 Å². The van der Waals surface area contributed by atoms with Crippen molar-refractivity contribution in [1.29, 1.82) is 0 Å². The minimum absolute atomic E-state index is 0.800. The van der Waals surface area contributed by atoms with E-state index >= 15 is 0 Å². The maximum atomic E-state index is 2.54. The van der Waals surface area contributed by atoms with Crippen LogP contribution in [-0.2, 0) is 0 Å². The molecule has 0 nitrogen and oxygen atoms in total. The highest BCUT2D eigenvalue weighted by Gasteiger charge is 2.50. The van der Waals surface area contributed by atoms with E-state index in [0.717, 1.165) is 23.2 Å². The van der Waals surface area contributed by atoms with Gasteiger partial charge in [-0.1, -0.05) is 13.3 Å². The summed E-state index contributed by atoms with van der Waals surface area (Å²) in [5, 5.41) is 0. The first-order valence-corrected chi connectivity index (χ1v) is 5.25. The van der Waals surface area contributed by atoms with Crippen LogP contribution in [0.5, 0.6) is 0 Å². The van der Waals surface area contributed by atoms with Crippen LogP contribution in [0.15, 0.2) is 0 Å². The second-order valence-corrected chi connectivity index (χ2v) is 5.62. The molecule has 0 saturated heterocycles. The first kappa shape index (κ1) is 6.51. The van der Waals surface area contributed by atoms with Gasteiger partial charge < -0.3 is 0 Å². The van der Waals surface area contributed by atoms with Crippen LogP contribution < -0.4 is 0 Å². The van der Waals surface area contributed by atoms with Gasteiger partial charge >= 0.3 is 0 Å². The van der Waals surface area contributed by atoms with Crippen LogP contribution in [0.25, 0.3) is 0 Å². The van der Waals surface area contributed by atoms with Crippen molar-refractivity contribution in [2.45, 2.75) is 45.4 Å². The Morgan fingerprint density at radius 2 is 1.82 bits per heavy atom. The fourth-order valence-electron chi connectivity index (χ4n) is 4.34.